The lowest BCUT2D eigenvalue weighted by Crippen LogP contribution is -2.35. The van der Waals surface area contributed by atoms with Crippen molar-refractivity contribution in [2.24, 2.45) is 0 Å². The summed E-state index contributed by atoms with van der Waals surface area (Å²) in [5, 5.41) is 2.75. The number of rotatable bonds is 6. The van der Waals surface area contributed by atoms with E-state index < -0.39 is 11.8 Å². The highest BCUT2D eigenvalue weighted by atomic mass is 35.5. The molecule has 36 heavy (non-hydrogen) atoms. The van der Waals surface area contributed by atoms with Crippen LogP contribution in [0, 0.1) is 0 Å². The molecule has 2 aliphatic heterocycles. The van der Waals surface area contributed by atoms with E-state index in [1.54, 1.807) is 48.5 Å². The largest absolute Gasteiger partial charge is 0.494 e. The number of carbonyl (C=O) groups excluding carboxylic acids is 3. The van der Waals surface area contributed by atoms with Gasteiger partial charge in [-0.3, -0.25) is 14.4 Å². The van der Waals surface area contributed by atoms with E-state index in [2.05, 4.69) is 17.4 Å². The van der Waals surface area contributed by atoms with Gasteiger partial charge in [-0.25, -0.2) is 4.90 Å². The molecule has 0 unspecified atom stereocenters. The number of carbonyl (C=O) groups is 3. The number of benzene rings is 3. The number of nitrogens with one attached hydrogen (secondary N) is 1. The van der Waals surface area contributed by atoms with Gasteiger partial charge in [-0.15, -0.1) is 0 Å². The second kappa shape index (κ2) is 9.87. The van der Waals surface area contributed by atoms with Crippen molar-refractivity contribution in [3.63, 3.8) is 0 Å². The summed E-state index contributed by atoms with van der Waals surface area (Å²) in [6.07, 6.45) is 0.829. The summed E-state index contributed by atoms with van der Waals surface area (Å²) in [7, 11) is 0. The van der Waals surface area contributed by atoms with Crippen molar-refractivity contribution < 1.29 is 19.1 Å². The Kier molecular flexibility index (Phi) is 6.48. The Balaban J connectivity index is 1.27. The lowest BCUT2D eigenvalue weighted by Gasteiger charge is -2.29. The lowest BCUT2D eigenvalue weighted by atomic mass is 9.99. The van der Waals surface area contributed by atoms with Crippen molar-refractivity contribution >= 4 is 40.7 Å². The first-order chi connectivity index (χ1) is 17.5. The predicted molar refractivity (Wildman–Crippen MR) is 138 cm³/mol. The number of anilines is 2. The minimum atomic E-state index is -0.606. The van der Waals surface area contributed by atoms with Crippen LogP contribution in [0.15, 0.2) is 83.5 Å². The molecule has 1 N–H and O–H groups in total. The summed E-state index contributed by atoms with van der Waals surface area (Å²) in [5.41, 5.74) is 3.91. The molecule has 3 aromatic rings. The van der Waals surface area contributed by atoms with Gasteiger partial charge in [0.1, 0.15) is 16.5 Å². The number of hydrogen-bond donors (Lipinski definition) is 1. The molecule has 0 radical (unpaired) electrons. The van der Waals surface area contributed by atoms with E-state index >= 15 is 0 Å². The number of ether oxygens (including phenoxy) is 1. The third kappa shape index (κ3) is 4.45. The average Bonchev–Trinajstić information content (AvgIpc) is 3.12. The van der Waals surface area contributed by atoms with Crippen molar-refractivity contribution in [3.8, 4) is 5.75 Å². The summed E-state index contributed by atoms with van der Waals surface area (Å²) in [5.74, 6) is -0.574. The van der Waals surface area contributed by atoms with E-state index in [1.165, 1.54) is 11.1 Å². The molecule has 0 saturated carbocycles. The first kappa shape index (κ1) is 23.6. The van der Waals surface area contributed by atoms with E-state index in [-0.39, 0.29) is 16.6 Å². The van der Waals surface area contributed by atoms with Crippen LogP contribution >= 0.6 is 11.6 Å². The Morgan fingerprint density at radius 3 is 2.33 bits per heavy atom. The summed E-state index contributed by atoms with van der Waals surface area (Å²) in [6.45, 7) is 3.63. The van der Waals surface area contributed by atoms with E-state index in [1.807, 2.05) is 24.0 Å². The van der Waals surface area contributed by atoms with Crippen LogP contribution in [-0.4, -0.2) is 35.8 Å². The van der Waals surface area contributed by atoms with Gasteiger partial charge >= 0.3 is 0 Å². The molecule has 8 heteroatoms. The first-order valence-electron chi connectivity index (χ1n) is 11.7. The van der Waals surface area contributed by atoms with Gasteiger partial charge in [-0.2, -0.15) is 0 Å². The van der Waals surface area contributed by atoms with E-state index in [4.69, 9.17) is 16.3 Å². The van der Waals surface area contributed by atoms with E-state index in [0.717, 1.165) is 11.3 Å². The zero-order valence-corrected chi connectivity index (χ0v) is 20.4. The third-order valence-corrected chi connectivity index (χ3v) is 6.60. The topological polar surface area (TPSA) is 79.0 Å². The number of nitrogens with zero attached hydrogens (tertiary/aromatic N) is 2. The highest BCUT2D eigenvalue weighted by molar-refractivity contribution is 6.53. The number of amides is 3. The average molecular weight is 502 g/mol. The molecule has 7 nitrogen and oxygen atoms in total. The fraction of sp³-hybridized carbons (Fsp3) is 0.179. The SMILES string of the molecule is CCOc1ccc(N2C(=O)C(Cl)=C(Nc3ccc(C(=O)N4CCc5ccccc5C4)cc3)C2=O)cc1. The highest BCUT2D eigenvalue weighted by Crippen LogP contribution is 2.31. The molecule has 0 bridgehead atoms. The summed E-state index contributed by atoms with van der Waals surface area (Å²) < 4.78 is 5.41. The van der Waals surface area contributed by atoms with Gasteiger partial charge in [-0.1, -0.05) is 35.9 Å². The maximum Gasteiger partial charge on any atom is 0.283 e. The van der Waals surface area contributed by atoms with Crippen LogP contribution in [0.25, 0.3) is 0 Å². The molecule has 182 valence electrons. The molecule has 0 aliphatic carbocycles. The molecule has 0 aromatic heterocycles. The standard InChI is InChI=1S/C28H24ClN3O4/c1-2-36-23-13-11-22(12-14-23)32-27(34)24(29)25(28(32)35)30-21-9-7-19(8-10-21)26(33)31-16-15-18-5-3-4-6-20(18)17-31/h3-14,30H,2,15-17H2,1H3. The monoisotopic (exact) mass is 501 g/mol. The Morgan fingerprint density at radius 1 is 0.944 bits per heavy atom. The molecule has 0 saturated heterocycles. The van der Waals surface area contributed by atoms with Crippen LogP contribution < -0.4 is 15.0 Å². The van der Waals surface area contributed by atoms with Gasteiger partial charge in [0.25, 0.3) is 17.7 Å². The number of hydrogen-bond acceptors (Lipinski definition) is 5. The van der Waals surface area contributed by atoms with Crippen molar-refractivity contribution in [2.75, 3.05) is 23.4 Å². The second-order valence-electron chi connectivity index (χ2n) is 8.51. The molecule has 0 atom stereocenters. The predicted octanol–water partition coefficient (Wildman–Crippen LogP) is 4.72. The second-order valence-corrected chi connectivity index (χ2v) is 8.89. The van der Waals surface area contributed by atoms with Crippen LogP contribution in [0.4, 0.5) is 11.4 Å². The molecule has 2 heterocycles. The molecule has 5 rings (SSSR count). The zero-order valence-electron chi connectivity index (χ0n) is 19.7. The third-order valence-electron chi connectivity index (χ3n) is 6.25. The van der Waals surface area contributed by atoms with Crippen LogP contribution in [0.1, 0.15) is 28.4 Å². The Bertz CT molecular complexity index is 1370. The summed E-state index contributed by atoms with van der Waals surface area (Å²) in [6, 6.07) is 21.6. The Hall–Kier alpha value is -4.10. The van der Waals surface area contributed by atoms with E-state index in [9.17, 15) is 14.4 Å². The fourth-order valence-electron chi connectivity index (χ4n) is 4.40. The summed E-state index contributed by atoms with van der Waals surface area (Å²) in [4.78, 5) is 41.6. The number of imide groups is 1. The normalized spacial score (nSPS) is 15.3. The number of halogens is 1. The summed E-state index contributed by atoms with van der Waals surface area (Å²) >= 11 is 6.24. The highest BCUT2D eigenvalue weighted by Gasteiger charge is 2.39. The first-order valence-corrected chi connectivity index (χ1v) is 12.1. The van der Waals surface area contributed by atoms with Crippen LogP contribution in [0.2, 0.25) is 0 Å². The fourth-order valence-corrected chi connectivity index (χ4v) is 4.61. The minimum absolute atomic E-state index is 0.0118. The zero-order chi connectivity index (χ0) is 25.2. The molecule has 0 spiro atoms. The van der Waals surface area contributed by atoms with Gasteiger partial charge < -0.3 is 15.0 Å². The van der Waals surface area contributed by atoms with Gasteiger partial charge in [0.15, 0.2) is 0 Å². The van der Waals surface area contributed by atoms with Gasteiger partial charge in [0.2, 0.25) is 0 Å². The van der Waals surface area contributed by atoms with Gasteiger partial charge in [-0.05, 0) is 73.0 Å². The van der Waals surface area contributed by atoms with Gasteiger partial charge in [0.05, 0.1) is 12.3 Å². The number of fused-ring (bicyclic) bond motifs is 1. The lowest BCUT2D eigenvalue weighted by molar-refractivity contribution is -0.120. The van der Waals surface area contributed by atoms with Crippen molar-refractivity contribution in [3.05, 3.63) is 100 Å². The molecule has 3 amide bonds. The van der Waals surface area contributed by atoms with Gasteiger partial charge in [0, 0.05) is 24.3 Å². The molecular weight excluding hydrogens is 478 g/mol. The Morgan fingerprint density at radius 2 is 1.64 bits per heavy atom. The van der Waals surface area contributed by atoms with Crippen LogP contribution in [0.3, 0.4) is 0 Å². The quantitative estimate of drug-likeness (QED) is 0.494. The molecular formula is C28H24ClN3O4. The van der Waals surface area contributed by atoms with Crippen molar-refractivity contribution in [2.45, 2.75) is 19.9 Å². The molecule has 3 aromatic carbocycles. The van der Waals surface area contributed by atoms with Crippen LogP contribution in [0.5, 0.6) is 5.75 Å². The maximum absolute atomic E-state index is 13.0. The van der Waals surface area contributed by atoms with Crippen molar-refractivity contribution in [1.82, 2.24) is 4.90 Å². The van der Waals surface area contributed by atoms with E-state index in [0.29, 0.717) is 42.4 Å². The smallest absolute Gasteiger partial charge is 0.283 e. The van der Waals surface area contributed by atoms with Crippen molar-refractivity contribution in [1.29, 1.82) is 0 Å². The molecule has 0 fully saturated rings. The maximum atomic E-state index is 13.0. The minimum Gasteiger partial charge on any atom is -0.494 e. The Labute approximate surface area is 213 Å². The van der Waals surface area contributed by atoms with Crippen LogP contribution in [-0.2, 0) is 22.6 Å². The molecule has 2 aliphatic rings.